The van der Waals surface area contributed by atoms with E-state index in [1.165, 1.54) is 0 Å². The largest absolute Gasteiger partial charge is 0.370 e. The summed E-state index contributed by atoms with van der Waals surface area (Å²) in [4.78, 5) is 18.3. The summed E-state index contributed by atoms with van der Waals surface area (Å²) in [7, 11) is 0. The Bertz CT molecular complexity index is 523. The fraction of sp³-hybridized carbons (Fsp3) is 0.429. The molecule has 22 heavy (non-hydrogen) atoms. The fourth-order valence-corrected chi connectivity index (χ4v) is 3.10. The predicted molar refractivity (Wildman–Crippen MR) is 105 cm³/mol. The van der Waals surface area contributed by atoms with Crippen molar-refractivity contribution in [3.63, 3.8) is 0 Å². The van der Waals surface area contributed by atoms with Gasteiger partial charge < -0.3 is 16.0 Å². The van der Waals surface area contributed by atoms with E-state index in [9.17, 15) is 4.79 Å². The van der Waals surface area contributed by atoms with Crippen molar-refractivity contribution in [2.24, 2.45) is 10.7 Å². The van der Waals surface area contributed by atoms with Gasteiger partial charge in [-0.1, -0.05) is 23.7 Å². The second-order valence-electron chi connectivity index (χ2n) is 4.58. The third-order valence-corrected chi connectivity index (χ3v) is 4.40. The quantitative estimate of drug-likeness (QED) is 0.316. The zero-order valence-electron chi connectivity index (χ0n) is 12.1. The molecule has 5 nitrogen and oxygen atoms in total. The molecule has 0 saturated carbocycles. The molecule has 0 atom stereocenters. The summed E-state index contributed by atoms with van der Waals surface area (Å²) < 4.78 is 0. The lowest BCUT2D eigenvalue weighted by molar-refractivity contribution is 0.0955. The molecule has 122 valence electrons. The molecule has 1 aliphatic heterocycles. The van der Waals surface area contributed by atoms with Crippen LogP contribution >= 0.6 is 47.3 Å². The van der Waals surface area contributed by atoms with E-state index in [1.807, 2.05) is 11.8 Å². The van der Waals surface area contributed by atoms with Gasteiger partial charge in [0.15, 0.2) is 5.96 Å². The Morgan fingerprint density at radius 2 is 2.05 bits per heavy atom. The van der Waals surface area contributed by atoms with Crippen LogP contribution in [0.15, 0.2) is 29.3 Å². The number of thioether (sulfide) groups is 1. The molecule has 1 aromatic rings. The number of nitrogens with two attached hydrogens (primary N) is 1. The number of guanidine groups is 1. The minimum Gasteiger partial charge on any atom is -0.370 e. The molecule has 1 aromatic carbocycles. The van der Waals surface area contributed by atoms with Crippen LogP contribution in [0, 0.1) is 0 Å². The van der Waals surface area contributed by atoms with Crippen molar-refractivity contribution in [1.29, 1.82) is 0 Å². The monoisotopic (exact) mass is 454 g/mol. The molecule has 1 heterocycles. The standard InChI is InChI=1S/C14H19ClN4OS.HI/c15-12-4-2-1-3-11(12)13(20)17-5-6-18-14(16)19-7-9-21-10-8-19;/h1-4H,5-10H2,(H2,16,18)(H,17,20);1H. The highest BCUT2D eigenvalue weighted by molar-refractivity contribution is 14.0. The van der Waals surface area contributed by atoms with Crippen molar-refractivity contribution in [3.05, 3.63) is 34.9 Å². The van der Waals surface area contributed by atoms with Gasteiger partial charge in [-0.3, -0.25) is 9.79 Å². The number of carbonyl (C=O) groups excluding carboxylic acids is 1. The maximum atomic E-state index is 11.9. The molecule has 2 rings (SSSR count). The smallest absolute Gasteiger partial charge is 0.252 e. The van der Waals surface area contributed by atoms with Gasteiger partial charge in [0.25, 0.3) is 5.91 Å². The van der Waals surface area contributed by atoms with Crippen LogP contribution in [-0.4, -0.2) is 54.5 Å². The summed E-state index contributed by atoms with van der Waals surface area (Å²) in [5, 5.41) is 3.24. The Balaban J connectivity index is 0.00000242. The number of benzene rings is 1. The number of halogens is 2. The highest BCUT2D eigenvalue weighted by Crippen LogP contribution is 2.14. The number of hydrogen-bond acceptors (Lipinski definition) is 3. The summed E-state index contributed by atoms with van der Waals surface area (Å²) in [6, 6.07) is 6.97. The van der Waals surface area contributed by atoms with Crippen molar-refractivity contribution in [1.82, 2.24) is 10.2 Å². The van der Waals surface area contributed by atoms with Crippen LogP contribution in [0.5, 0.6) is 0 Å². The molecular weight excluding hydrogens is 435 g/mol. The van der Waals surface area contributed by atoms with Crippen LogP contribution in [0.1, 0.15) is 10.4 Å². The van der Waals surface area contributed by atoms with E-state index in [4.69, 9.17) is 17.3 Å². The first-order valence-electron chi connectivity index (χ1n) is 6.84. The van der Waals surface area contributed by atoms with E-state index >= 15 is 0 Å². The van der Waals surface area contributed by atoms with E-state index in [0.29, 0.717) is 29.6 Å². The van der Waals surface area contributed by atoms with E-state index in [2.05, 4.69) is 15.2 Å². The van der Waals surface area contributed by atoms with Crippen LogP contribution in [-0.2, 0) is 0 Å². The van der Waals surface area contributed by atoms with Gasteiger partial charge in [0.2, 0.25) is 0 Å². The van der Waals surface area contributed by atoms with Crippen LogP contribution < -0.4 is 11.1 Å². The van der Waals surface area contributed by atoms with Crippen molar-refractivity contribution in [3.8, 4) is 0 Å². The Morgan fingerprint density at radius 1 is 1.36 bits per heavy atom. The number of amides is 1. The number of nitrogens with zero attached hydrogens (tertiary/aromatic N) is 2. The van der Waals surface area contributed by atoms with Gasteiger partial charge in [-0.25, -0.2) is 0 Å². The molecule has 1 fully saturated rings. The highest BCUT2D eigenvalue weighted by Gasteiger charge is 2.12. The van der Waals surface area contributed by atoms with Gasteiger partial charge in [0.05, 0.1) is 17.1 Å². The van der Waals surface area contributed by atoms with Crippen molar-refractivity contribution >= 4 is 59.2 Å². The minimum atomic E-state index is -0.191. The predicted octanol–water partition coefficient (Wildman–Crippen LogP) is 2.05. The van der Waals surface area contributed by atoms with E-state index in [1.54, 1.807) is 24.3 Å². The maximum absolute atomic E-state index is 11.9. The SMILES string of the molecule is I.NC(=NCCNC(=O)c1ccccc1Cl)N1CCSCC1. The number of hydrogen-bond donors (Lipinski definition) is 2. The van der Waals surface area contributed by atoms with Gasteiger partial charge in [-0.05, 0) is 12.1 Å². The topological polar surface area (TPSA) is 70.7 Å². The number of carbonyl (C=O) groups is 1. The summed E-state index contributed by atoms with van der Waals surface area (Å²) in [5.41, 5.74) is 6.41. The molecule has 1 saturated heterocycles. The molecule has 0 aliphatic carbocycles. The lowest BCUT2D eigenvalue weighted by atomic mass is 10.2. The average molecular weight is 455 g/mol. The van der Waals surface area contributed by atoms with E-state index in [-0.39, 0.29) is 29.9 Å². The Labute approximate surface area is 157 Å². The Kier molecular flexibility index (Phi) is 8.96. The maximum Gasteiger partial charge on any atom is 0.252 e. The molecule has 0 unspecified atom stereocenters. The summed E-state index contributed by atoms with van der Waals surface area (Å²) in [6.45, 7) is 2.77. The number of aliphatic imine (C=N–C) groups is 1. The first-order valence-corrected chi connectivity index (χ1v) is 8.37. The summed E-state index contributed by atoms with van der Waals surface area (Å²) in [6.07, 6.45) is 0. The third-order valence-electron chi connectivity index (χ3n) is 3.12. The van der Waals surface area contributed by atoms with Crippen LogP contribution in [0.25, 0.3) is 0 Å². The Morgan fingerprint density at radius 3 is 2.73 bits per heavy atom. The Hall–Kier alpha value is -0.670. The van der Waals surface area contributed by atoms with Crippen LogP contribution in [0.3, 0.4) is 0 Å². The minimum absolute atomic E-state index is 0. The molecule has 0 bridgehead atoms. The van der Waals surface area contributed by atoms with Crippen molar-refractivity contribution in [2.45, 2.75) is 0 Å². The second-order valence-corrected chi connectivity index (χ2v) is 6.21. The van der Waals surface area contributed by atoms with Gasteiger partial charge in [0.1, 0.15) is 0 Å². The normalized spacial score (nSPS) is 15.1. The molecule has 0 radical (unpaired) electrons. The first-order chi connectivity index (χ1) is 10.2. The third kappa shape index (κ3) is 5.85. The van der Waals surface area contributed by atoms with E-state index < -0.39 is 0 Å². The zero-order valence-corrected chi connectivity index (χ0v) is 16.0. The van der Waals surface area contributed by atoms with Crippen LogP contribution in [0.4, 0.5) is 0 Å². The first kappa shape index (κ1) is 19.4. The molecule has 1 aliphatic rings. The van der Waals surface area contributed by atoms with Gasteiger partial charge in [-0.2, -0.15) is 11.8 Å². The fourth-order valence-electron chi connectivity index (χ4n) is 1.97. The molecular formula is C14H20ClIN4OS. The molecule has 8 heteroatoms. The van der Waals surface area contributed by atoms with Crippen molar-refractivity contribution < 1.29 is 4.79 Å². The molecule has 0 aromatic heterocycles. The summed E-state index contributed by atoms with van der Waals surface area (Å²) >= 11 is 7.89. The van der Waals surface area contributed by atoms with Gasteiger partial charge in [0, 0.05) is 31.1 Å². The lowest BCUT2D eigenvalue weighted by Crippen LogP contribution is -2.43. The molecule has 0 spiro atoms. The highest BCUT2D eigenvalue weighted by atomic mass is 127. The zero-order chi connectivity index (χ0) is 15.1. The average Bonchev–Trinajstić information content (AvgIpc) is 2.52. The second kappa shape index (κ2) is 10.2. The lowest BCUT2D eigenvalue weighted by Gasteiger charge is -2.27. The molecule has 3 N–H and O–H groups in total. The van der Waals surface area contributed by atoms with Gasteiger partial charge >= 0.3 is 0 Å². The van der Waals surface area contributed by atoms with Crippen LogP contribution in [0.2, 0.25) is 5.02 Å². The van der Waals surface area contributed by atoms with Crippen molar-refractivity contribution in [2.75, 3.05) is 37.7 Å². The van der Waals surface area contributed by atoms with E-state index in [0.717, 1.165) is 24.6 Å². The summed E-state index contributed by atoms with van der Waals surface area (Å²) in [5.74, 6) is 2.53. The van der Waals surface area contributed by atoms with Gasteiger partial charge in [-0.15, -0.1) is 24.0 Å². The number of nitrogens with one attached hydrogen (secondary N) is 1. The number of rotatable bonds is 4. The molecule has 1 amide bonds.